The van der Waals surface area contributed by atoms with E-state index in [2.05, 4.69) is 28.4 Å². The highest BCUT2D eigenvalue weighted by Crippen LogP contribution is 2.51. The van der Waals surface area contributed by atoms with Gasteiger partial charge in [0.15, 0.2) is 0 Å². The number of nitrogens with zero attached hydrogens (tertiary/aromatic N) is 1. The number of hydrogen-bond donors (Lipinski definition) is 1. The summed E-state index contributed by atoms with van der Waals surface area (Å²) < 4.78 is 5.67. The Morgan fingerprint density at radius 3 is 2.33 bits per heavy atom. The number of amides is 2. The summed E-state index contributed by atoms with van der Waals surface area (Å²) in [6.07, 6.45) is 6.29. The average Bonchev–Trinajstić information content (AvgIpc) is 3.36. The summed E-state index contributed by atoms with van der Waals surface area (Å²) in [5.74, 6) is 1.48. The van der Waals surface area contributed by atoms with Gasteiger partial charge in [0.05, 0.1) is 12.5 Å². The van der Waals surface area contributed by atoms with Gasteiger partial charge in [-0.1, -0.05) is 61.4 Å². The normalized spacial score (nSPS) is 23.8. The number of ether oxygens (including phenoxy) is 1. The Bertz CT molecular complexity index is 1000. The molecule has 5 heteroatoms. The predicted molar refractivity (Wildman–Crippen MR) is 128 cm³/mol. The van der Waals surface area contributed by atoms with Gasteiger partial charge in [0, 0.05) is 32.0 Å². The van der Waals surface area contributed by atoms with Gasteiger partial charge >= 0.3 is 0 Å². The predicted octanol–water partition coefficient (Wildman–Crippen LogP) is 4.42. The molecule has 1 aliphatic carbocycles. The van der Waals surface area contributed by atoms with Gasteiger partial charge in [-0.05, 0) is 48.3 Å². The van der Waals surface area contributed by atoms with Gasteiger partial charge in [0.25, 0.3) is 0 Å². The lowest BCUT2D eigenvalue weighted by molar-refractivity contribution is -0.141. The maximum Gasteiger partial charge on any atom is 0.233 e. The number of carbonyl (C=O) groups is 2. The molecule has 3 aliphatic rings. The van der Waals surface area contributed by atoms with Gasteiger partial charge in [0.2, 0.25) is 11.8 Å². The molecule has 5 rings (SSSR count). The summed E-state index contributed by atoms with van der Waals surface area (Å²) in [5, 5.41) is 3.08. The standard InChI is InChI=1S/C28H34N2O3/c1-33-24-12-6-5-11-22(24)23-20-29-25(31)19-27(23)15-17-30(18-16-27)26(32)28(13-7-8-14-28)21-9-3-2-4-10-21/h2-6,9-12,23H,7-8,13-20H2,1H3,(H,29,31). The molecule has 2 saturated heterocycles. The fraction of sp³-hybridized carbons (Fsp3) is 0.500. The molecule has 2 aromatic carbocycles. The highest BCUT2D eigenvalue weighted by molar-refractivity contribution is 5.89. The van der Waals surface area contributed by atoms with E-state index in [0.29, 0.717) is 26.1 Å². The Hall–Kier alpha value is -2.82. The maximum absolute atomic E-state index is 13.9. The minimum atomic E-state index is -0.377. The Labute approximate surface area is 196 Å². The second-order valence-electron chi connectivity index (χ2n) is 10.1. The molecular weight excluding hydrogens is 412 g/mol. The van der Waals surface area contributed by atoms with Crippen LogP contribution in [0, 0.1) is 5.41 Å². The molecule has 174 valence electrons. The smallest absolute Gasteiger partial charge is 0.233 e. The molecule has 2 aliphatic heterocycles. The molecule has 3 fully saturated rings. The van der Waals surface area contributed by atoms with E-state index in [-0.39, 0.29) is 28.6 Å². The molecule has 2 amide bonds. The quantitative estimate of drug-likeness (QED) is 0.756. The van der Waals surface area contributed by atoms with Crippen molar-refractivity contribution in [3.63, 3.8) is 0 Å². The van der Waals surface area contributed by atoms with Crippen molar-refractivity contribution in [1.82, 2.24) is 10.2 Å². The average molecular weight is 447 g/mol. The van der Waals surface area contributed by atoms with Gasteiger partial charge in [0.1, 0.15) is 5.75 Å². The molecule has 0 radical (unpaired) electrons. The molecule has 1 saturated carbocycles. The summed E-state index contributed by atoms with van der Waals surface area (Å²) in [4.78, 5) is 28.5. The highest BCUT2D eigenvalue weighted by atomic mass is 16.5. The second-order valence-corrected chi connectivity index (χ2v) is 10.1. The SMILES string of the molecule is COc1ccccc1C1CNC(=O)CC12CCN(C(=O)C1(c3ccccc3)CCCC1)CC2. The van der Waals surface area contributed by atoms with E-state index in [0.717, 1.165) is 55.4 Å². The van der Waals surface area contributed by atoms with Crippen LogP contribution in [-0.2, 0) is 15.0 Å². The number of likely N-dealkylation sites (tertiary alicyclic amines) is 1. The van der Waals surface area contributed by atoms with Crippen molar-refractivity contribution in [2.45, 2.75) is 56.3 Å². The van der Waals surface area contributed by atoms with E-state index >= 15 is 0 Å². The van der Waals surface area contributed by atoms with Crippen molar-refractivity contribution >= 4 is 11.8 Å². The molecule has 2 heterocycles. The summed E-state index contributed by atoms with van der Waals surface area (Å²) in [5.41, 5.74) is 1.81. The Morgan fingerprint density at radius 2 is 1.64 bits per heavy atom. The van der Waals surface area contributed by atoms with Crippen LogP contribution in [0.2, 0.25) is 0 Å². The zero-order valence-electron chi connectivity index (χ0n) is 19.5. The Morgan fingerprint density at radius 1 is 0.970 bits per heavy atom. The van der Waals surface area contributed by atoms with Crippen molar-refractivity contribution in [3.05, 3.63) is 65.7 Å². The highest BCUT2D eigenvalue weighted by Gasteiger charge is 2.50. The summed E-state index contributed by atoms with van der Waals surface area (Å²) >= 11 is 0. The molecule has 5 nitrogen and oxygen atoms in total. The third-order valence-corrected chi connectivity index (χ3v) is 8.51. The van der Waals surface area contributed by atoms with Gasteiger partial charge in [-0.3, -0.25) is 9.59 Å². The first-order valence-corrected chi connectivity index (χ1v) is 12.3. The zero-order valence-corrected chi connectivity index (χ0v) is 19.5. The first-order chi connectivity index (χ1) is 16.1. The van der Waals surface area contributed by atoms with Crippen molar-refractivity contribution in [3.8, 4) is 5.75 Å². The first-order valence-electron chi connectivity index (χ1n) is 12.3. The third-order valence-electron chi connectivity index (χ3n) is 8.51. The van der Waals surface area contributed by atoms with Crippen molar-refractivity contribution in [2.75, 3.05) is 26.7 Å². The lowest BCUT2D eigenvalue weighted by Gasteiger charge is -2.50. The molecule has 2 aromatic rings. The van der Waals surface area contributed by atoms with Gasteiger partial charge in [-0.25, -0.2) is 0 Å². The van der Waals surface area contributed by atoms with Crippen LogP contribution in [-0.4, -0.2) is 43.5 Å². The van der Waals surface area contributed by atoms with E-state index in [9.17, 15) is 9.59 Å². The molecule has 0 bridgehead atoms. The van der Waals surface area contributed by atoms with Crippen LogP contribution in [0.3, 0.4) is 0 Å². The molecular formula is C28H34N2O3. The summed E-state index contributed by atoms with van der Waals surface area (Å²) in [6, 6.07) is 18.5. The molecule has 1 unspecified atom stereocenters. The first kappa shape index (κ1) is 22.0. The lowest BCUT2D eigenvalue weighted by atomic mass is 9.62. The van der Waals surface area contributed by atoms with Crippen LogP contribution in [0.25, 0.3) is 0 Å². The van der Waals surface area contributed by atoms with Crippen LogP contribution in [0.1, 0.15) is 62.0 Å². The number of rotatable bonds is 4. The van der Waals surface area contributed by atoms with E-state index in [1.807, 2.05) is 36.4 Å². The van der Waals surface area contributed by atoms with E-state index < -0.39 is 0 Å². The van der Waals surface area contributed by atoms with Crippen LogP contribution >= 0.6 is 0 Å². The zero-order chi connectivity index (χ0) is 22.9. The van der Waals surface area contributed by atoms with E-state index in [4.69, 9.17) is 4.74 Å². The van der Waals surface area contributed by atoms with Crippen LogP contribution in [0.15, 0.2) is 54.6 Å². The minimum Gasteiger partial charge on any atom is -0.496 e. The molecule has 1 spiro atoms. The molecule has 33 heavy (non-hydrogen) atoms. The number of benzene rings is 2. The summed E-state index contributed by atoms with van der Waals surface area (Å²) in [7, 11) is 1.71. The maximum atomic E-state index is 13.9. The largest absolute Gasteiger partial charge is 0.496 e. The number of piperidine rings is 2. The molecule has 1 N–H and O–H groups in total. The number of para-hydroxylation sites is 1. The van der Waals surface area contributed by atoms with E-state index in [1.165, 1.54) is 0 Å². The molecule has 1 atom stereocenters. The van der Waals surface area contributed by atoms with Gasteiger partial charge in [-0.15, -0.1) is 0 Å². The Balaban J connectivity index is 1.39. The van der Waals surface area contributed by atoms with Crippen molar-refractivity contribution in [1.29, 1.82) is 0 Å². The second kappa shape index (κ2) is 8.85. The Kier molecular flexibility index (Phi) is 5.90. The topological polar surface area (TPSA) is 58.6 Å². The van der Waals surface area contributed by atoms with Crippen molar-refractivity contribution < 1.29 is 14.3 Å². The fourth-order valence-electron chi connectivity index (χ4n) is 6.68. The lowest BCUT2D eigenvalue weighted by Crippen LogP contribution is -2.55. The third kappa shape index (κ3) is 3.81. The number of methoxy groups -OCH3 is 1. The van der Waals surface area contributed by atoms with Gasteiger partial charge in [-0.2, -0.15) is 0 Å². The minimum absolute atomic E-state index is 0.123. The van der Waals surface area contributed by atoms with Gasteiger partial charge < -0.3 is 15.0 Å². The van der Waals surface area contributed by atoms with Crippen molar-refractivity contribution in [2.24, 2.45) is 5.41 Å². The van der Waals surface area contributed by atoms with Crippen LogP contribution in [0.5, 0.6) is 5.75 Å². The number of hydrogen-bond acceptors (Lipinski definition) is 3. The number of nitrogens with one attached hydrogen (secondary N) is 1. The van der Waals surface area contributed by atoms with E-state index in [1.54, 1.807) is 7.11 Å². The molecule has 0 aromatic heterocycles. The van der Waals surface area contributed by atoms with Crippen LogP contribution in [0.4, 0.5) is 0 Å². The monoisotopic (exact) mass is 446 g/mol. The fourth-order valence-corrected chi connectivity index (χ4v) is 6.68. The number of carbonyl (C=O) groups excluding carboxylic acids is 2. The summed E-state index contributed by atoms with van der Waals surface area (Å²) in [6.45, 7) is 2.06. The van der Waals surface area contributed by atoms with Crippen LogP contribution < -0.4 is 10.1 Å².